The van der Waals surface area contributed by atoms with Crippen molar-refractivity contribution in [2.24, 2.45) is 0 Å². The molecule has 2 fully saturated rings. The Kier molecular flexibility index (Phi) is 3.24. The van der Waals surface area contributed by atoms with Crippen molar-refractivity contribution in [3.63, 3.8) is 0 Å². The van der Waals surface area contributed by atoms with E-state index >= 15 is 0 Å². The summed E-state index contributed by atoms with van der Waals surface area (Å²) in [4.78, 5) is 0. The number of aromatic nitrogens is 2. The van der Waals surface area contributed by atoms with Gasteiger partial charge in [0.25, 0.3) is 0 Å². The molecule has 4 rings (SSSR count). The van der Waals surface area contributed by atoms with Crippen molar-refractivity contribution >= 4 is 10.9 Å². The molecule has 21 heavy (non-hydrogen) atoms. The summed E-state index contributed by atoms with van der Waals surface area (Å²) in [5.41, 5.74) is 0.886. The van der Waals surface area contributed by atoms with Crippen molar-refractivity contribution < 1.29 is 9.47 Å². The zero-order valence-electron chi connectivity index (χ0n) is 11.9. The standard InChI is InChI=1S/C16H19N3O2/c1-2-4-14-13(3-1)15(10-18-19-14)21-12-9-16(20-11-12)5-7-17-8-6-16/h1-4,10,12,17H,5-9,11H2. The summed E-state index contributed by atoms with van der Waals surface area (Å²) in [6.07, 6.45) is 4.92. The molecule has 0 aliphatic carbocycles. The number of nitrogens with zero attached hydrogens (tertiary/aromatic N) is 2. The van der Waals surface area contributed by atoms with E-state index in [-0.39, 0.29) is 11.7 Å². The van der Waals surface area contributed by atoms with E-state index in [0.29, 0.717) is 6.61 Å². The second-order valence-electron chi connectivity index (χ2n) is 5.91. The number of rotatable bonds is 2. The molecule has 1 aromatic carbocycles. The van der Waals surface area contributed by atoms with Crippen LogP contribution in [0.15, 0.2) is 30.5 Å². The van der Waals surface area contributed by atoms with Crippen molar-refractivity contribution in [1.29, 1.82) is 0 Å². The molecule has 0 amide bonds. The Morgan fingerprint density at radius 3 is 3.00 bits per heavy atom. The molecule has 1 spiro atoms. The van der Waals surface area contributed by atoms with Crippen LogP contribution in [0.4, 0.5) is 0 Å². The van der Waals surface area contributed by atoms with Crippen LogP contribution in [0.25, 0.3) is 10.9 Å². The van der Waals surface area contributed by atoms with Crippen LogP contribution < -0.4 is 10.1 Å². The molecule has 2 aliphatic rings. The van der Waals surface area contributed by atoms with E-state index in [1.165, 1.54) is 0 Å². The molecule has 5 heteroatoms. The Morgan fingerprint density at radius 2 is 2.10 bits per heavy atom. The maximum Gasteiger partial charge on any atom is 0.149 e. The fourth-order valence-electron chi connectivity index (χ4n) is 3.36. The third kappa shape index (κ3) is 2.47. The summed E-state index contributed by atoms with van der Waals surface area (Å²) in [5.74, 6) is 0.806. The number of ether oxygens (including phenoxy) is 2. The molecule has 0 saturated carbocycles. The van der Waals surface area contributed by atoms with E-state index in [0.717, 1.165) is 49.0 Å². The second-order valence-corrected chi connectivity index (χ2v) is 5.91. The Hall–Kier alpha value is -1.72. The van der Waals surface area contributed by atoms with E-state index in [1.807, 2.05) is 24.3 Å². The minimum Gasteiger partial charge on any atom is -0.486 e. The second kappa shape index (κ2) is 5.24. The van der Waals surface area contributed by atoms with Crippen molar-refractivity contribution in [3.05, 3.63) is 30.5 Å². The monoisotopic (exact) mass is 285 g/mol. The molecule has 0 radical (unpaired) electrons. The topological polar surface area (TPSA) is 56.3 Å². The molecule has 3 heterocycles. The zero-order valence-corrected chi connectivity index (χ0v) is 11.9. The van der Waals surface area contributed by atoms with Gasteiger partial charge >= 0.3 is 0 Å². The van der Waals surface area contributed by atoms with E-state index in [4.69, 9.17) is 9.47 Å². The maximum absolute atomic E-state index is 6.17. The quantitative estimate of drug-likeness (QED) is 0.913. The molecule has 1 unspecified atom stereocenters. The molecule has 110 valence electrons. The SMILES string of the molecule is c1ccc2c(OC3COC4(CCNCC4)C3)cnnc2c1. The van der Waals surface area contributed by atoms with Gasteiger partial charge in [0.1, 0.15) is 11.9 Å². The molecule has 2 saturated heterocycles. The Labute approximate surface area is 123 Å². The van der Waals surface area contributed by atoms with Crippen LogP contribution in [-0.2, 0) is 4.74 Å². The Morgan fingerprint density at radius 1 is 1.24 bits per heavy atom. The third-order valence-corrected chi connectivity index (χ3v) is 4.49. The van der Waals surface area contributed by atoms with Gasteiger partial charge in [-0.3, -0.25) is 0 Å². The maximum atomic E-state index is 6.17. The molecule has 1 aromatic heterocycles. The first-order chi connectivity index (χ1) is 10.3. The summed E-state index contributed by atoms with van der Waals surface area (Å²) < 4.78 is 12.2. The average molecular weight is 285 g/mol. The lowest BCUT2D eigenvalue weighted by Gasteiger charge is -2.32. The first-order valence-corrected chi connectivity index (χ1v) is 7.56. The number of hydrogen-bond donors (Lipinski definition) is 1. The van der Waals surface area contributed by atoms with Gasteiger partial charge in [-0.2, -0.15) is 10.2 Å². The number of piperidine rings is 1. The van der Waals surface area contributed by atoms with Gasteiger partial charge in [0, 0.05) is 11.8 Å². The van der Waals surface area contributed by atoms with Crippen LogP contribution in [0.5, 0.6) is 5.75 Å². The number of nitrogens with one attached hydrogen (secondary N) is 1. The third-order valence-electron chi connectivity index (χ3n) is 4.49. The molecular formula is C16H19N3O2. The smallest absolute Gasteiger partial charge is 0.149 e. The molecule has 5 nitrogen and oxygen atoms in total. The number of hydrogen-bond acceptors (Lipinski definition) is 5. The van der Waals surface area contributed by atoms with Crippen LogP contribution in [0.3, 0.4) is 0 Å². The normalized spacial score (nSPS) is 24.5. The summed E-state index contributed by atoms with van der Waals surface area (Å²) >= 11 is 0. The van der Waals surface area contributed by atoms with Crippen molar-refractivity contribution in [1.82, 2.24) is 15.5 Å². The molecule has 2 aromatic rings. The van der Waals surface area contributed by atoms with Gasteiger partial charge in [-0.05, 0) is 38.1 Å². The van der Waals surface area contributed by atoms with Crippen molar-refractivity contribution in [3.8, 4) is 5.75 Å². The highest BCUT2D eigenvalue weighted by Crippen LogP contribution is 2.36. The Bertz CT molecular complexity index is 635. The minimum absolute atomic E-state index is 0.0200. The zero-order chi connectivity index (χ0) is 14.1. The van der Waals surface area contributed by atoms with Crippen LogP contribution in [0.2, 0.25) is 0 Å². The lowest BCUT2D eigenvalue weighted by molar-refractivity contribution is -0.0205. The van der Waals surface area contributed by atoms with Gasteiger partial charge in [0.2, 0.25) is 0 Å². The minimum atomic E-state index is 0.0200. The summed E-state index contributed by atoms with van der Waals surface area (Å²) in [6, 6.07) is 7.93. The lowest BCUT2D eigenvalue weighted by atomic mass is 9.89. The average Bonchev–Trinajstić information content (AvgIpc) is 2.91. The van der Waals surface area contributed by atoms with Gasteiger partial charge in [-0.1, -0.05) is 12.1 Å². The van der Waals surface area contributed by atoms with E-state index in [9.17, 15) is 0 Å². The Balaban J connectivity index is 1.53. The van der Waals surface area contributed by atoms with Crippen LogP contribution in [0, 0.1) is 0 Å². The van der Waals surface area contributed by atoms with E-state index in [2.05, 4.69) is 15.5 Å². The van der Waals surface area contributed by atoms with Crippen LogP contribution >= 0.6 is 0 Å². The highest BCUT2D eigenvalue weighted by Gasteiger charge is 2.42. The fourth-order valence-corrected chi connectivity index (χ4v) is 3.36. The fraction of sp³-hybridized carbons (Fsp3) is 0.500. The first kappa shape index (κ1) is 13.0. The number of benzene rings is 1. The highest BCUT2D eigenvalue weighted by atomic mass is 16.6. The summed E-state index contributed by atoms with van der Waals surface area (Å²) in [7, 11) is 0. The van der Waals surface area contributed by atoms with Gasteiger partial charge in [0.05, 0.1) is 23.9 Å². The molecule has 2 aliphatic heterocycles. The van der Waals surface area contributed by atoms with Crippen molar-refractivity contribution in [2.45, 2.75) is 31.0 Å². The molecule has 1 atom stereocenters. The van der Waals surface area contributed by atoms with Crippen LogP contribution in [0.1, 0.15) is 19.3 Å². The highest BCUT2D eigenvalue weighted by molar-refractivity contribution is 5.83. The van der Waals surface area contributed by atoms with Crippen LogP contribution in [-0.4, -0.2) is 41.6 Å². The molecule has 0 bridgehead atoms. The van der Waals surface area contributed by atoms with E-state index < -0.39 is 0 Å². The largest absolute Gasteiger partial charge is 0.486 e. The lowest BCUT2D eigenvalue weighted by Crippen LogP contribution is -2.41. The molecular weight excluding hydrogens is 266 g/mol. The summed E-state index contributed by atoms with van der Waals surface area (Å²) in [5, 5.41) is 12.6. The first-order valence-electron chi connectivity index (χ1n) is 7.56. The number of fused-ring (bicyclic) bond motifs is 1. The summed E-state index contributed by atoms with van der Waals surface area (Å²) in [6.45, 7) is 2.73. The van der Waals surface area contributed by atoms with Crippen molar-refractivity contribution in [2.75, 3.05) is 19.7 Å². The van der Waals surface area contributed by atoms with Gasteiger partial charge in [0.15, 0.2) is 0 Å². The van der Waals surface area contributed by atoms with Gasteiger partial charge < -0.3 is 14.8 Å². The van der Waals surface area contributed by atoms with Gasteiger partial charge in [-0.25, -0.2) is 0 Å². The predicted octanol–water partition coefficient (Wildman–Crippen LogP) is 1.92. The van der Waals surface area contributed by atoms with E-state index in [1.54, 1.807) is 6.20 Å². The predicted molar refractivity (Wildman–Crippen MR) is 79.4 cm³/mol. The molecule has 1 N–H and O–H groups in total. The van der Waals surface area contributed by atoms with Gasteiger partial charge in [-0.15, -0.1) is 0 Å².